The van der Waals surface area contributed by atoms with Gasteiger partial charge < -0.3 is 5.32 Å². The molecule has 0 unspecified atom stereocenters. The summed E-state index contributed by atoms with van der Waals surface area (Å²) in [5.41, 5.74) is 1.70. The Hall–Kier alpha value is -1.69. The summed E-state index contributed by atoms with van der Waals surface area (Å²) < 4.78 is 2.10. The van der Waals surface area contributed by atoms with E-state index in [-0.39, 0.29) is 5.56 Å². The third kappa shape index (κ3) is 3.69. The Labute approximate surface area is 131 Å². The van der Waals surface area contributed by atoms with Crippen LogP contribution in [0.25, 0.3) is 0 Å². The van der Waals surface area contributed by atoms with Gasteiger partial charge in [-0.05, 0) is 46.8 Å². The van der Waals surface area contributed by atoms with Crippen LogP contribution < -0.4 is 10.9 Å². The van der Waals surface area contributed by atoms with Crippen molar-refractivity contribution in [1.82, 2.24) is 14.8 Å². The number of hydrogen-bond acceptors (Lipinski definition) is 4. The second-order valence-corrected chi connectivity index (χ2v) is 6.09. The van der Waals surface area contributed by atoms with E-state index >= 15 is 0 Å². The number of halogens is 1. The van der Waals surface area contributed by atoms with Gasteiger partial charge in [0.15, 0.2) is 0 Å². The molecule has 2 heterocycles. The highest BCUT2D eigenvalue weighted by molar-refractivity contribution is 9.10. The zero-order chi connectivity index (χ0) is 14.7. The minimum atomic E-state index is -0.0651. The average Bonchev–Trinajstić information content (AvgIpc) is 3.31. The first kappa shape index (κ1) is 14.3. The smallest absolute Gasteiger partial charge is 0.283 e. The Bertz CT molecular complexity index is 667. The molecule has 2 aromatic heterocycles. The minimum Gasteiger partial charge on any atom is -0.382 e. The molecule has 0 aromatic carbocycles. The summed E-state index contributed by atoms with van der Waals surface area (Å²) in [6, 6.07) is 5.86. The lowest BCUT2D eigenvalue weighted by atomic mass is 10.2. The van der Waals surface area contributed by atoms with Crippen molar-refractivity contribution in [3.05, 3.63) is 51.1 Å². The zero-order valence-electron chi connectivity index (χ0n) is 11.6. The fourth-order valence-corrected chi connectivity index (χ4v) is 2.58. The number of rotatable bonds is 6. The number of aromatic nitrogens is 3. The van der Waals surface area contributed by atoms with Gasteiger partial charge >= 0.3 is 0 Å². The van der Waals surface area contributed by atoms with E-state index in [1.165, 1.54) is 12.8 Å². The monoisotopic (exact) mass is 348 g/mol. The van der Waals surface area contributed by atoms with Crippen LogP contribution >= 0.6 is 15.9 Å². The van der Waals surface area contributed by atoms with Gasteiger partial charge in [0.2, 0.25) is 0 Å². The van der Waals surface area contributed by atoms with Crippen molar-refractivity contribution in [2.24, 2.45) is 5.92 Å². The fourth-order valence-electron chi connectivity index (χ4n) is 2.13. The number of hydrogen-bond donors (Lipinski definition) is 1. The molecule has 1 saturated carbocycles. The van der Waals surface area contributed by atoms with Crippen molar-refractivity contribution < 1.29 is 0 Å². The highest BCUT2D eigenvalue weighted by Crippen LogP contribution is 2.30. The van der Waals surface area contributed by atoms with Crippen molar-refractivity contribution in [3.8, 4) is 0 Å². The van der Waals surface area contributed by atoms with Crippen molar-refractivity contribution in [3.63, 3.8) is 0 Å². The van der Waals surface area contributed by atoms with E-state index in [1.54, 1.807) is 17.1 Å². The Morgan fingerprint density at radius 3 is 2.95 bits per heavy atom. The maximum Gasteiger partial charge on any atom is 0.283 e. The van der Waals surface area contributed by atoms with Crippen LogP contribution in [0.3, 0.4) is 0 Å². The van der Waals surface area contributed by atoms with E-state index in [0.717, 1.165) is 24.3 Å². The van der Waals surface area contributed by atoms with Crippen molar-refractivity contribution in [2.75, 3.05) is 11.9 Å². The van der Waals surface area contributed by atoms with Gasteiger partial charge in [-0.15, -0.1) is 0 Å². The molecular weight excluding hydrogens is 332 g/mol. The van der Waals surface area contributed by atoms with Gasteiger partial charge in [0.25, 0.3) is 5.56 Å². The summed E-state index contributed by atoms with van der Waals surface area (Å²) in [4.78, 5) is 16.5. The molecule has 0 radical (unpaired) electrons. The van der Waals surface area contributed by atoms with Gasteiger partial charge in [0, 0.05) is 31.4 Å². The normalized spacial score (nSPS) is 14.1. The molecular formula is C15H17BrN4O. The number of pyridine rings is 1. The zero-order valence-corrected chi connectivity index (χ0v) is 13.2. The first-order valence-corrected chi connectivity index (χ1v) is 7.93. The predicted octanol–water partition coefficient (Wildman–Crippen LogP) is 2.47. The van der Waals surface area contributed by atoms with Crippen LogP contribution in [0.4, 0.5) is 5.69 Å². The standard InChI is InChI=1S/C15H17BrN4O/c16-14-13(18-8-6-12-3-1-2-7-17-12)9-19-20(15(14)21)10-11-4-5-11/h1-3,7,9,11,18H,4-6,8,10H2. The Morgan fingerprint density at radius 2 is 2.24 bits per heavy atom. The van der Waals surface area contributed by atoms with Gasteiger partial charge in [-0.25, -0.2) is 4.68 Å². The first-order chi connectivity index (χ1) is 10.2. The van der Waals surface area contributed by atoms with Crippen LogP contribution in [0.2, 0.25) is 0 Å². The van der Waals surface area contributed by atoms with Crippen LogP contribution in [0, 0.1) is 5.92 Å². The molecule has 0 aliphatic heterocycles. The quantitative estimate of drug-likeness (QED) is 0.870. The maximum absolute atomic E-state index is 12.2. The van der Waals surface area contributed by atoms with Gasteiger partial charge in [-0.2, -0.15) is 5.10 Å². The molecule has 0 saturated heterocycles. The van der Waals surface area contributed by atoms with Crippen LogP contribution in [0.1, 0.15) is 18.5 Å². The van der Waals surface area contributed by atoms with Crippen LogP contribution in [0.5, 0.6) is 0 Å². The lowest BCUT2D eigenvalue weighted by Crippen LogP contribution is -2.25. The molecule has 2 aromatic rings. The molecule has 1 N–H and O–H groups in total. The molecule has 1 aliphatic carbocycles. The van der Waals surface area contributed by atoms with E-state index in [1.807, 2.05) is 18.2 Å². The Kier molecular flexibility index (Phi) is 4.34. The summed E-state index contributed by atoms with van der Waals surface area (Å²) in [6.07, 6.45) is 6.71. The third-order valence-electron chi connectivity index (χ3n) is 3.54. The second kappa shape index (κ2) is 6.39. The number of nitrogens with one attached hydrogen (secondary N) is 1. The van der Waals surface area contributed by atoms with Crippen molar-refractivity contribution >= 4 is 21.6 Å². The molecule has 21 heavy (non-hydrogen) atoms. The third-order valence-corrected chi connectivity index (χ3v) is 4.30. The van der Waals surface area contributed by atoms with Crippen LogP contribution in [-0.4, -0.2) is 21.3 Å². The lowest BCUT2D eigenvalue weighted by Gasteiger charge is -2.10. The highest BCUT2D eigenvalue weighted by atomic mass is 79.9. The van der Waals surface area contributed by atoms with Gasteiger partial charge in [-0.1, -0.05) is 6.07 Å². The summed E-state index contributed by atoms with van der Waals surface area (Å²) in [6.45, 7) is 1.44. The van der Waals surface area contributed by atoms with Crippen LogP contribution in [-0.2, 0) is 13.0 Å². The Balaban J connectivity index is 1.62. The highest BCUT2D eigenvalue weighted by Gasteiger charge is 2.23. The van der Waals surface area contributed by atoms with Gasteiger partial charge in [0.1, 0.15) is 4.47 Å². The maximum atomic E-state index is 12.2. The predicted molar refractivity (Wildman–Crippen MR) is 85.4 cm³/mol. The molecule has 0 amide bonds. The molecule has 6 heteroatoms. The Morgan fingerprint density at radius 1 is 1.38 bits per heavy atom. The summed E-state index contributed by atoms with van der Waals surface area (Å²) in [5, 5.41) is 7.48. The molecule has 110 valence electrons. The SMILES string of the molecule is O=c1c(Br)c(NCCc2ccccn2)cnn1CC1CC1. The van der Waals surface area contributed by atoms with Crippen molar-refractivity contribution in [1.29, 1.82) is 0 Å². The van der Waals surface area contributed by atoms with E-state index in [9.17, 15) is 4.79 Å². The van der Waals surface area contributed by atoms with E-state index < -0.39 is 0 Å². The number of anilines is 1. The van der Waals surface area contributed by atoms with Crippen molar-refractivity contribution in [2.45, 2.75) is 25.8 Å². The van der Waals surface area contributed by atoms with Gasteiger partial charge in [-0.3, -0.25) is 9.78 Å². The molecule has 5 nitrogen and oxygen atoms in total. The summed E-state index contributed by atoms with van der Waals surface area (Å²) >= 11 is 3.38. The lowest BCUT2D eigenvalue weighted by molar-refractivity contribution is 0.532. The summed E-state index contributed by atoms with van der Waals surface area (Å²) in [5.74, 6) is 0.630. The van der Waals surface area contributed by atoms with Crippen LogP contribution in [0.15, 0.2) is 39.9 Å². The molecule has 0 atom stereocenters. The van der Waals surface area contributed by atoms with E-state index in [0.29, 0.717) is 16.9 Å². The minimum absolute atomic E-state index is 0.0651. The second-order valence-electron chi connectivity index (χ2n) is 5.30. The average molecular weight is 349 g/mol. The molecule has 1 aliphatic rings. The van der Waals surface area contributed by atoms with Gasteiger partial charge in [0.05, 0.1) is 11.9 Å². The molecule has 0 spiro atoms. The fraction of sp³-hybridized carbons (Fsp3) is 0.400. The van der Waals surface area contributed by atoms with E-state index in [4.69, 9.17) is 0 Å². The topological polar surface area (TPSA) is 59.8 Å². The largest absolute Gasteiger partial charge is 0.382 e. The summed E-state index contributed by atoms with van der Waals surface area (Å²) in [7, 11) is 0. The first-order valence-electron chi connectivity index (χ1n) is 7.13. The number of nitrogens with zero attached hydrogens (tertiary/aromatic N) is 3. The molecule has 3 rings (SSSR count). The van der Waals surface area contributed by atoms with E-state index in [2.05, 4.69) is 31.3 Å². The molecule has 1 fully saturated rings. The molecule has 0 bridgehead atoms.